The van der Waals surface area contributed by atoms with Crippen LogP contribution in [0.2, 0.25) is 0 Å². The molecule has 1 aliphatic heterocycles. The highest BCUT2D eigenvalue weighted by Crippen LogP contribution is 2.44. The molecule has 0 spiro atoms. The Balaban J connectivity index is 1.65. The van der Waals surface area contributed by atoms with Crippen LogP contribution in [0, 0.1) is 29.4 Å². The summed E-state index contributed by atoms with van der Waals surface area (Å²) in [4.78, 5) is 25.3. The fourth-order valence-corrected chi connectivity index (χ4v) is 5.18. The Morgan fingerprint density at radius 1 is 1.31 bits per heavy atom. The maximum atomic E-state index is 15.8. The van der Waals surface area contributed by atoms with E-state index in [1.807, 2.05) is 6.08 Å². The first-order valence-electron chi connectivity index (χ1n) is 10.5. The highest BCUT2D eigenvalue weighted by atomic mass is 19.1. The van der Waals surface area contributed by atoms with Crippen LogP contribution in [-0.4, -0.2) is 41.6 Å². The highest BCUT2D eigenvalue weighted by Gasteiger charge is 2.42. The number of hydrogen-bond donors (Lipinski definition) is 2. The number of benzene rings is 1. The van der Waals surface area contributed by atoms with Gasteiger partial charge < -0.3 is 25.0 Å². The number of nitrogens with two attached hydrogens (primary N) is 1. The van der Waals surface area contributed by atoms with E-state index >= 15 is 8.78 Å². The molecular formula is C22H22F3N3O4. The second kappa shape index (κ2) is 7.54. The third kappa shape index (κ3) is 3.24. The van der Waals surface area contributed by atoms with Crippen molar-refractivity contribution in [2.24, 2.45) is 23.5 Å². The van der Waals surface area contributed by atoms with Crippen molar-refractivity contribution in [3.8, 4) is 5.75 Å². The number of alkyl halides is 1. The molecule has 1 aromatic heterocycles. The molecule has 5 atom stereocenters. The third-order valence-corrected chi connectivity index (χ3v) is 6.85. The van der Waals surface area contributed by atoms with Crippen LogP contribution in [-0.2, 0) is 0 Å². The molecule has 3 N–H and O–H groups in total. The molecule has 170 valence electrons. The van der Waals surface area contributed by atoms with Crippen LogP contribution < -0.4 is 20.8 Å². The van der Waals surface area contributed by atoms with Gasteiger partial charge in [0.2, 0.25) is 5.43 Å². The average Bonchev–Trinajstić information content (AvgIpc) is 3.31. The fraction of sp³-hybridized carbons (Fsp3) is 0.455. The Bertz CT molecular complexity index is 1200. The summed E-state index contributed by atoms with van der Waals surface area (Å²) in [6.07, 6.45) is 2.96. The Kier molecular flexibility index (Phi) is 4.92. The zero-order valence-corrected chi connectivity index (χ0v) is 17.0. The molecule has 5 unspecified atom stereocenters. The zero-order valence-electron chi connectivity index (χ0n) is 17.0. The van der Waals surface area contributed by atoms with E-state index in [1.165, 1.54) is 0 Å². The van der Waals surface area contributed by atoms with Crippen molar-refractivity contribution in [2.75, 3.05) is 24.5 Å². The van der Waals surface area contributed by atoms with Gasteiger partial charge in [-0.25, -0.2) is 18.0 Å². The number of ether oxygens (including phenoxy) is 1. The van der Waals surface area contributed by atoms with E-state index < -0.39 is 46.6 Å². The largest absolute Gasteiger partial charge is 0.511 e. The van der Waals surface area contributed by atoms with E-state index in [-0.39, 0.29) is 35.4 Å². The number of nitrogens with zero attached hydrogens (tertiary/aromatic N) is 2. The smallest absolute Gasteiger partial charge is 0.449 e. The Morgan fingerprint density at radius 3 is 2.72 bits per heavy atom. The number of pyridine rings is 1. The number of hydrogen-bond acceptors (Lipinski definition) is 5. The lowest BCUT2D eigenvalue weighted by molar-refractivity contribution is 0.143. The first kappa shape index (κ1) is 20.9. The lowest BCUT2D eigenvalue weighted by Crippen LogP contribution is -2.30. The standard InChI is InChI=1S/C22H22F3N3O4/c23-14-5-16(14)28-9-17(32-22(30)31)21(29)12-4-15(24)20(18(25)19(12)28)27-7-11-3-1-2-10(6-26)13(11)8-27/h1,3-4,9-11,13-14,16H,2,5-8,26H2,(H,30,31). The van der Waals surface area contributed by atoms with Crippen LogP contribution in [0.5, 0.6) is 5.75 Å². The zero-order chi connectivity index (χ0) is 22.7. The lowest BCUT2D eigenvalue weighted by atomic mass is 9.78. The summed E-state index contributed by atoms with van der Waals surface area (Å²) >= 11 is 0. The van der Waals surface area contributed by atoms with Gasteiger partial charge in [-0.15, -0.1) is 0 Å². The number of carbonyl (C=O) groups is 1. The maximum absolute atomic E-state index is 15.8. The van der Waals surface area contributed by atoms with Gasteiger partial charge in [-0.1, -0.05) is 12.2 Å². The summed E-state index contributed by atoms with van der Waals surface area (Å²) in [6, 6.07) is 0.0996. The van der Waals surface area contributed by atoms with Crippen LogP contribution in [0.3, 0.4) is 0 Å². The van der Waals surface area contributed by atoms with Crippen LogP contribution in [0.15, 0.2) is 29.2 Å². The molecule has 5 rings (SSSR count). The van der Waals surface area contributed by atoms with Gasteiger partial charge in [0.05, 0.1) is 23.1 Å². The summed E-state index contributed by atoms with van der Waals surface area (Å²) < 4.78 is 50.6. The monoisotopic (exact) mass is 449 g/mol. The first-order chi connectivity index (χ1) is 15.3. The van der Waals surface area contributed by atoms with Crippen molar-refractivity contribution in [1.29, 1.82) is 0 Å². The first-order valence-corrected chi connectivity index (χ1v) is 10.5. The molecule has 0 amide bonds. The molecule has 1 saturated carbocycles. The normalized spacial score (nSPS) is 28.8. The van der Waals surface area contributed by atoms with Crippen molar-refractivity contribution in [1.82, 2.24) is 4.57 Å². The summed E-state index contributed by atoms with van der Waals surface area (Å²) in [7, 11) is 0. The molecule has 2 fully saturated rings. The van der Waals surface area contributed by atoms with Gasteiger partial charge >= 0.3 is 6.16 Å². The Hall–Kier alpha value is -3.01. The van der Waals surface area contributed by atoms with Gasteiger partial charge in [-0.3, -0.25) is 4.79 Å². The fourth-order valence-electron chi connectivity index (χ4n) is 5.18. The van der Waals surface area contributed by atoms with Gasteiger partial charge in [-0.2, -0.15) is 0 Å². The molecular weight excluding hydrogens is 427 g/mol. The lowest BCUT2D eigenvalue weighted by Gasteiger charge is -2.27. The van der Waals surface area contributed by atoms with Crippen LogP contribution in [0.4, 0.5) is 23.7 Å². The molecule has 7 nitrogen and oxygen atoms in total. The van der Waals surface area contributed by atoms with Gasteiger partial charge in [0, 0.05) is 19.5 Å². The quantitative estimate of drug-likeness (QED) is 0.550. The predicted octanol–water partition coefficient (Wildman–Crippen LogP) is 3.21. The van der Waals surface area contributed by atoms with E-state index in [0.29, 0.717) is 19.6 Å². The minimum atomic E-state index is -1.75. The van der Waals surface area contributed by atoms with Crippen molar-refractivity contribution in [3.63, 3.8) is 0 Å². The van der Waals surface area contributed by atoms with Crippen LogP contribution in [0.25, 0.3) is 10.9 Å². The Labute approximate surface area is 180 Å². The number of anilines is 1. The van der Waals surface area contributed by atoms with E-state index in [4.69, 9.17) is 10.8 Å². The third-order valence-electron chi connectivity index (χ3n) is 6.85. The van der Waals surface area contributed by atoms with Crippen molar-refractivity contribution in [2.45, 2.75) is 25.1 Å². The molecule has 0 bridgehead atoms. The predicted molar refractivity (Wildman–Crippen MR) is 111 cm³/mol. The number of halogens is 3. The minimum absolute atomic E-state index is 0.0769. The van der Waals surface area contributed by atoms with Gasteiger partial charge in [0.1, 0.15) is 17.7 Å². The highest BCUT2D eigenvalue weighted by molar-refractivity contribution is 5.86. The number of aromatic nitrogens is 1. The molecule has 1 saturated heterocycles. The SMILES string of the molecule is NCC1CC=CC2CN(c3c(F)cc4c(=O)c(OC(=O)O)cn(C5CC5F)c4c3F)CC21. The van der Waals surface area contributed by atoms with E-state index in [0.717, 1.165) is 23.3 Å². The van der Waals surface area contributed by atoms with E-state index in [9.17, 15) is 14.0 Å². The molecule has 10 heteroatoms. The number of rotatable bonds is 4. The van der Waals surface area contributed by atoms with Crippen LogP contribution in [0.1, 0.15) is 18.9 Å². The van der Waals surface area contributed by atoms with Gasteiger partial charge in [0.25, 0.3) is 0 Å². The van der Waals surface area contributed by atoms with E-state index in [1.54, 1.807) is 4.90 Å². The second-order valence-electron chi connectivity index (χ2n) is 8.73. The summed E-state index contributed by atoms with van der Waals surface area (Å²) in [6.45, 7) is 1.29. The summed E-state index contributed by atoms with van der Waals surface area (Å²) in [5.74, 6) is -2.05. The Morgan fingerprint density at radius 2 is 2.06 bits per heavy atom. The van der Waals surface area contributed by atoms with Crippen molar-refractivity contribution < 1.29 is 27.8 Å². The summed E-state index contributed by atoms with van der Waals surface area (Å²) in [5.41, 5.74) is 4.39. The second-order valence-corrected chi connectivity index (χ2v) is 8.73. The van der Waals surface area contributed by atoms with E-state index in [2.05, 4.69) is 10.8 Å². The molecule has 2 aliphatic carbocycles. The molecule has 1 aromatic carbocycles. The topological polar surface area (TPSA) is 97.8 Å². The number of fused-ring (bicyclic) bond motifs is 2. The molecule has 2 aromatic rings. The molecule has 3 aliphatic rings. The number of carboxylic acid groups (broad SMARTS) is 1. The minimum Gasteiger partial charge on any atom is -0.449 e. The van der Waals surface area contributed by atoms with Crippen molar-refractivity contribution >= 4 is 22.7 Å². The van der Waals surface area contributed by atoms with Crippen LogP contribution >= 0.6 is 0 Å². The van der Waals surface area contributed by atoms with Gasteiger partial charge in [-0.05, 0) is 36.8 Å². The van der Waals surface area contributed by atoms with Crippen molar-refractivity contribution in [3.05, 3.63) is 46.3 Å². The summed E-state index contributed by atoms with van der Waals surface area (Å²) in [5, 5.41) is 8.50. The molecule has 0 radical (unpaired) electrons. The molecule has 2 heterocycles. The average molecular weight is 449 g/mol. The maximum Gasteiger partial charge on any atom is 0.511 e. The molecule has 32 heavy (non-hydrogen) atoms. The number of allylic oxidation sites excluding steroid dienone is 1. The van der Waals surface area contributed by atoms with Gasteiger partial charge in [0.15, 0.2) is 11.6 Å².